The van der Waals surface area contributed by atoms with E-state index in [0.717, 1.165) is 5.92 Å². The Kier molecular flexibility index (Phi) is 5.38. The summed E-state index contributed by atoms with van der Waals surface area (Å²) in [5, 5.41) is 0. The van der Waals surface area contributed by atoms with E-state index >= 15 is 0 Å². The summed E-state index contributed by atoms with van der Waals surface area (Å²) in [6, 6.07) is 0. The first-order chi connectivity index (χ1) is 4.68. The molecule has 0 bridgehead atoms. The number of rotatable bonds is 4. The fraction of sp³-hybridized carbons (Fsp3) is 0.800. The Labute approximate surface area is 65.3 Å². The summed E-state index contributed by atoms with van der Waals surface area (Å²) in [5.74, 6) is 0.733. The molecule has 10 heavy (non-hydrogen) atoms. The van der Waals surface area contributed by atoms with Crippen molar-refractivity contribution in [1.29, 1.82) is 0 Å². The maximum Gasteiger partial charge on any atom is -0.0263 e. The van der Waals surface area contributed by atoms with Crippen molar-refractivity contribution in [2.45, 2.75) is 47.0 Å². The summed E-state index contributed by atoms with van der Waals surface area (Å²) >= 11 is 0. The molecule has 0 saturated carbocycles. The molecule has 0 unspecified atom stereocenters. The zero-order valence-corrected chi connectivity index (χ0v) is 7.78. The quantitative estimate of drug-likeness (QED) is 0.412. The van der Waals surface area contributed by atoms with Crippen LogP contribution in [0.15, 0.2) is 11.6 Å². The van der Waals surface area contributed by atoms with Gasteiger partial charge in [-0.15, -0.1) is 0 Å². The van der Waals surface area contributed by atoms with Crippen LogP contribution in [0.2, 0.25) is 0 Å². The van der Waals surface area contributed by atoms with Gasteiger partial charge in [0.2, 0.25) is 0 Å². The van der Waals surface area contributed by atoms with Crippen LogP contribution in [0.3, 0.4) is 0 Å². The van der Waals surface area contributed by atoms with Crippen LogP contribution in [0.5, 0.6) is 0 Å². The van der Waals surface area contributed by atoms with Crippen molar-refractivity contribution < 1.29 is 0 Å². The minimum atomic E-state index is 0.733. The molecule has 0 aromatic rings. The maximum atomic E-state index is 2.37. The first-order valence-electron chi connectivity index (χ1n) is 4.35. The van der Waals surface area contributed by atoms with E-state index in [4.69, 9.17) is 0 Å². The van der Waals surface area contributed by atoms with Crippen molar-refractivity contribution in [3.05, 3.63) is 11.6 Å². The Balaban J connectivity index is 3.48. The van der Waals surface area contributed by atoms with Gasteiger partial charge in [0, 0.05) is 0 Å². The second-order valence-electron chi connectivity index (χ2n) is 3.25. The molecular weight excluding hydrogens is 120 g/mol. The molecule has 0 aliphatic rings. The SMILES string of the molecule is CCCC/C=C(\C)C(C)C. The van der Waals surface area contributed by atoms with Crippen LogP contribution in [-0.4, -0.2) is 0 Å². The van der Waals surface area contributed by atoms with Gasteiger partial charge < -0.3 is 0 Å². The van der Waals surface area contributed by atoms with Crippen molar-refractivity contribution in [2.75, 3.05) is 0 Å². The first-order valence-corrected chi connectivity index (χ1v) is 4.35. The molecular formula is C10H20. The third-order valence-electron chi connectivity index (χ3n) is 1.93. The molecule has 0 aromatic carbocycles. The van der Waals surface area contributed by atoms with E-state index in [2.05, 4.69) is 33.8 Å². The summed E-state index contributed by atoms with van der Waals surface area (Å²) in [7, 11) is 0. The van der Waals surface area contributed by atoms with Crippen molar-refractivity contribution in [3.63, 3.8) is 0 Å². The molecule has 0 nitrogen and oxygen atoms in total. The van der Waals surface area contributed by atoms with E-state index in [9.17, 15) is 0 Å². The molecule has 60 valence electrons. The minimum Gasteiger partial charge on any atom is -0.0854 e. The number of hydrogen-bond donors (Lipinski definition) is 0. The van der Waals surface area contributed by atoms with Gasteiger partial charge in [0.1, 0.15) is 0 Å². The van der Waals surface area contributed by atoms with Crippen LogP contribution in [0.1, 0.15) is 47.0 Å². The van der Waals surface area contributed by atoms with Gasteiger partial charge in [0.25, 0.3) is 0 Å². The van der Waals surface area contributed by atoms with Crippen LogP contribution in [-0.2, 0) is 0 Å². The lowest BCUT2D eigenvalue weighted by Gasteiger charge is -2.03. The zero-order valence-electron chi connectivity index (χ0n) is 7.78. The third-order valence-corrected chi connectivity index (χ3v) is 1.93. The van der Waals surface area contributed by atoms with E-state index in [1.807, 2.05) is 0 Å². The summed E-state index contributed by atoms with van der Waals surface area (Å²) in [5.41, 5.74) is 1.54. The zero-order chi connectivity index (χ0) is 7.98. The molecule has 0 fully saturated rings. The lowest BCUT2D eigenvalue weighted by atomic mass is 10.0. The normalized spacial score (nSPS) is 12.7. The first kappa shape index (κ1) is 9.74. The fourth-order valence-electron chi connectivity index (χ4n) is 0.770. The van der Waals surface area contributed by atoms with Crippen molar-refractivity contribution >= 4 is 0 Å². The number of allylic oxidation sites excluding steroid dienone is 2. The molecule has 0 amide bonds. The Morgan fingerprint density at radius 1 is 1.40 bits per heavy atom. The predicted molar refractivity (Wildman–Crippen MR) is 48.1 cm³/mol. The highest BCUT2D eigenvalue weighted by molar-refractivity contribution is 5.00. The van der Waals surface area contributed by atoms with Crippen LogP contribution >= 0.6 is 0 Å². The molecule has 0 aliphatic carbocycles. The number of unbranched alkanes of at least 4 members (excludes halogenated alkanes) is 2. The highest BCUT2D eigenvalue weighted by Crippen LogP contribution is 2.09. The second kappa shape index (κ2) is 5.52. The average Bonchev–Trinajstić information content (AvgIpc) is 1.88. The van der Waals surface area contributed by atoms with Crippen LogP contribution in [0, 0.1) is 5.92 Å². The van der Waals surface area contributed by atoms with Gasteiger partial charge in [-0.05, 0) is 19.3 Å². The Morgan fingerprint density at radius 2 is 2.00 bits per heavy atom. The molecule has 0 saturated heterocycles. The molecule has 0 N–H and O–H groups in total. The van der Waals surface area contributed by atoms with Crippen LogP contribution in [0.4, 0.5) is 0 Å². The topological polar surface area (TPSA) is 0 Å². The molecule has 0 rings (SSSR count). The summed E-state index contributed by atoms with van der Waals surface area (Å²) < 4.78 is 0. The van der Waals surface area contributed by atoms with Crippen molar-refractivity contribution in [3.8, 4) is 0 Å². The smallest absolute Gasteiger partial charge is 0.0263 e. The monoisotopic (exact) mass is 140 g/mol. The van der Waals surface area contributed by atoms with E-state index in [-0.39, 0.29) is 0 Å². The Bertz CT molecular complexity index is 98.6. The molecule has 0 aromatic heterocycles. The van der Waals surface area contributed by atoms with E-state index in [1.165, 1.54) is 24.8 Å². The lowest BCUT2D eigenvalue weighted by Crippen LogP contribution is -1.87. The fourth-order valence-corrected chi connectivity index (χ4v) is 0.770. The van der Waals surface area contributed by atoms with Crippen LogP contribution in [0.25, 0.3) is 0 Å². The Morgan fingerprint density at radius 3 is 2.40 bits per heavy atom. The lowest BCUT2D eigenvalue weighted by molar-refractivity contribution is 0.745. The van der Waals surface area contributed by atoms with Gasteiger partial charge in [-0.1, -0.05) is 45.3 Å². The average molecular weight is 140 g/mol. The highest BCUT2D eigenvalue weighted by Gasteiger charge is 1.93. The van der Waals surface area contributed by atoms with Gasteiger partial charge in [-0.3, -0.25) is 0 Å². The molecule has 0 heteroatoms. The minimum absolute atomic E-state index is 0.733. The Hall–Kier alpha value is -0.260. The molecule has 0 spiro atoms. The van der Waals surface area contributed by atoms with Crippen LogP contribution < -0.4 is 0 Å². The van der Waals surface area contributed by atoms with E-state index < -0.39 is 0 Å². The predicted octanol–water partition coefficient (Wildman–Crippen LogP) is 3.78. The second-order valence-corrected chi connectivity index (χ2v) is 3.25. The van der Waals surface area contributed by atoms with Crippen molar-refractivity contribution in [2.24, 2.45) is 5.92 Å². The standard InChI is InChI=1S/C10H20/c1-5-6-7-8-10(4)9(2)3/h8-9H,5-7H2,1-4H3/b10-8+. The third kappa shape index (κ3) is 4.60. The maximum absolute atomic E-state index is 2.37. The van der Waals surface area contributed by atoms with Gasteiger partial charge in [-0.2, -0.15) is 0 Å². The van der Waals surface area contributed by atoms with Gasteiger partial charge in [-0.25, -0.2) is 0 Å². The summed E-state index contributed by atoms with van der Waals surface area (Å²) in [6.07, 6.45) is 6.28. The van der Waals surface area contributed by atoms with E-state index in [0.29, 0.717) is 0 Å². The van der Waals surface area contributed by atoms with Crippen molar-refractivity contribution in [1.82, 2.24) is 0 Å². The summed E-state index contributed by atoms with van der Waals surface area (Å²) in [6.45, 7) is 8.95. The van der Waals surface area contributed by atoms with Gasteiger partial charge in [0.05, 0.1) is 0 Å². The summed E-state index contributed by atoms with van der Waals surface area (Å²) in [4.78, 5) is 0. The molecule has 0 radical (unpaired) electrons. The number of hydrogen-bond acceptors (Lipinski definition) is 0. The van der Waals surface area contributed by atoms with E-state index in [1.54, 1.807) is 0 Å². The van der Waals surface area contributed by atoms with Gasteiger partial charge in [0.15, 0.2) is 0 Å². The molecule has 0 aliphatic heterocycles. The highest BCUT2D eigenvalue weighted by atomic mass is 14.0. The van der Waals surface area contributed by atoms with Gasteiger partial charge >= 0.3 is 0 Å². The largest absolute Gasteiger partial charge is 0.0854 e. The molecule has 0 atom stereocenters. The molecule has 0 heterocycles.